The Morgan fingerprint density at radius 1 is 1.12 bits per heavy atom. The van der Waals surface area contributed by atoms with Gasteiger partial charge in [0, 0.05) is 41.9 Å². The molecule has 33 heavy (non-hydrogen) atoms. The highest BCUT2D eigenvalue weighted by molar-refractivity contribution is 7.99. The van der Waals surface area contributed by atoms with Crippen molar-refractivity contribution in [2.75, 3.05) is 41.7 Å². The zero-order valence-electron chi connectivity index (χ0n) is 18.9. The SMILES string of the molecule is CCN(C(=O)CN1C(=O)[C@@H](C)CSc2ccc(S(=O)(=O)N3CCCC3)cc21)c1ccccc1. The molecule has 2 aliphatic heterocycles. The number of amides is 2. The highest BCUT2D eigenvalue weighted by Gasteiger charge is 2.33. The smallest absolute Gasteiger partial charge is 0.247 e. The largest absolute Gasteiger partial charge is 0.311 e. The normalized spacial score (nSPS) is 19.3. The minimum absolute atomic E-state index is 0.146. The summed E-state index contributed by atoms with van der Waals surface area (Å²) in [4.78, 5) is 30.7. The number of rotatable bonds is 6. The zero-order chi connectivity index (χ0) is 23.6. The number of nitrogens with zero attached hydrogens (tertiary/aromatic N) is 3. The molecule has 0 aliphatic carbocycles. The first kappa shape index (κ1) is 23.8. The zero-order valence-corrected chi connectivity index (χ0v) is 20.6. The third-order valence-electron chi connectivity index (χ3n) is 6.08. The molecule has 1 atom stereocenters. The maximum Gasteiger partial charge on any atom is 0.247 e. The van der Waals surface area contributed by atoms with Gasteiger partial charge in [0.15, 0.2) is 0 Å². The standard InChI is InChI=1S/C24H29N3O4S2/c1-3-26(19-9-5-4-6-10-19)23(28)16-27-21-15-20(33(30,31)25-13-7-8-14-25)11-12-22(21)32-17-18(2)24(27)29/h4-6,9-12,15,18H,3,7-8,13-14,16-17H2,1-2H3/t18-/m0/s1. The van der Waals surface area contributed by atoms with E-state index in [1.165, 1.54) is 21.0 Å². The molecule has 1 saturated heterocycles. The van der Waals surface area contributed by atoms with Crippen LogP contribution in [-0.4, -0.2) is 56.5 Å². The maximum atomic E-state index is 13.3. The number of para-hydroxylation sites is 1. The predicted molar refractivity (Wildman–Crippen MR) is 131 cm³/mol. The van der Waals surface area contributed by atoms with Crippen molar-refractivity contribution in [1.82, 2.24) is 4.31 Å². The molecule has 176 valence electrons. The molecule has 0 N–H and O–H groups in total. The van der Waals surface area contributed by atoms with Crippen molar-refractivity contribution in [2.45, 2.75) is 36.5 Å². The first-order valence-corrected chi connectivity index (χ1v) is 13.7. The van der Waals surface area contributed by atoms with Gasteiger partial charge in [0.2, 0.25) is 21.8 Å². The van der Waals surface area contributed by atoms with Crippen LogP contribution in [0.5, 0.6) is 0 Å². The number of carbonyl (C=O) groups is 2. The Morgan fingerprint density at radius 2 is 1.82 bits per heavy atom. The lowest BCUT2D eigenvalue weighted by Crippen LogP contribution is -2.45. The molecule has 7 nitrogen and oxygen atoms in total. The Morgan fingerprint density at radius 3 is 2.48 bits per heavy atom. The van der Waals surface area contributed by atoms with Crippen LogP contribution in [0.2, 0.25) is 0 Å². The Kier molecular flexibility index (Phi) is 7.11. The van der Waals surface area contributed by atoms with E-state index in [1.54, 1.807) is 23.1 Å². The van der Waals surface area contributed by atoms with Gasteiger partial charge in [-0.1, -0.05) is 25.1 Å². The number of fused-ring (bicyclic) bond motifs is 1. The van der Waals surface area contributed by atoms with Gasteiger partial charge < -0.3 is 9.80 Å². The van der Waals surface area contributed by atoms with Gasteiger partial charge in [0.05, 0.1) is 10.6 Å². The van der Waals surface area contributed by atoms with Crippen molar-refractivity contribution in [3.05, 3.63) is 48.5 Å². The van der Waals surface area contributed by atoms with Crippen LogP contribution >= 0.6 is 11.8 Å². The lowest BCUT2D eigenvalue weighted by atomic mass is 10.1. The van der Waals surface area contributed by atoms with E-state index in [-0.39, 0.29) is 29.2 Å². The van der Waals surface area contributed by atoms with Crippen LogP contribution < -0.4 is 9.80 Å². The average Bonchev–Trinajstić information content (AvgIpc) is 3.34. The topological polar surface area (TPSA) is 78.0 Å². The van der Waals surface area contributed by atoms with Crippen LogP contribution in [0.15, 0.2) is 58.3 Å². The minimum Gasteiger partial charge on any atom is -0.311 e. The Hall–Kier alpha value is -2.36. The molecule has 0 saturated carbocycles. The second-order valence-electron chi connectivity index (χ2n) is 8.35. The summed E-state index contributed by atoms with van der Waals surface area (Å²) in [5.74, 6) is -0.102. The molecule has 2 aromatic rings. The first-order valence-electron chi connectivity index (χ1n) is 11.3. The van der Waals surface area contributed by atoms with Gasteiger partial charge in [-0.3, -0.25) is 9.59 Å². The van der Waals surface area contributed by atoms with Gasteiger partial charge in [-0.15, -0.1) is 11.8 Å². The second-order valence-corrected chi connectivity index (χ2v) is 11.4. The average molecular weight is 488 g/mol. The summed E-state index contributed by atoms with van der Waals surface area (Å²) in [5.41, 5.74) is 1.26. The molecule has 0 aromatic heterocycles. The molecule has 0 unspecified atom stereocenters. The number of hydrogen-bond acceptors (Lipinski definition) is 5. The van der Waals surface area contributed by atoms with Gasteiger partial charge in [-0.2, -0.15) is 4.31 Å². The van der Waals surface area contributed by atoms with Crippen LogP contribution in [0.3, 0.4) is 0 Å². The molecule has 1 fully saturated rings. The van der Waals surface area contributed by atoms with E-state index < -0.39 is 10.0 Å². The summed E-state index contributed by atoms with van der Waals surface area (Å²) < 4.78 is 27.8. The number of benzene rings is 2. The summed E-state index contributed by atoms with van der Waals surface area (Å²) in [6, 6.07) is 14.3. The van der Waals surface area contributed by atoms with E-state index in [1.807, 2.05) is 44.2 Å². The molecule has 2 aromatic carbocycles. The van der Waals surface area contributed by atoms with E-state index in [9.17, 15) is 18.0 Å². The van der Waals surface area contributed by atoms with Gasteiger partial charge in [0.25, 0.3) is 0 Å². The third kappa shape index (κ3) is 4.81. The fraction of sp³-hybridized carbons (Fsp3) is 0.417. The molecule has 9 heteroatoms. The van der Waals surface area contributed by atoms with Crippen molar-refractivity contribution in [2.24, 2.45) is 5.92 Å². The van der Waals surface area contributed by atoms with Gasteiger partial charge in [0.1, 0.15) is 6.54 Å². The Labute approximate surface area is 199 Å². The fourth-order valence-electron chi connectivity index (χ4n) is 4.23. The molecule has 2 aliphatic rings. The van der Waals surface area contributed by atoms with Crippen LogP contribution in [0, 0.1) is 5.92 Å². The molecule has 0 radical (unpaired) electrons. The van der Waals surface area contributed by atoms with E-state index in [2.05, 4.69) is 0 Å². The summed E-state index contributed by atoms with van der Waals surface area (Å²) in [5, 5.41) is 0. The number of thioether (sulfide) groups is 1. The van der Waals surface area contributed by atoms with Crippen LogP contribution in [0.1, 0.15) is 26.7 Å². The lowest BCUT2D eigenvalue weighted by molar-refractivity contribution is -0.124. The predicted octanol–water partition coefficient (Wildman–Crippen LogP) is 3.60. The lowest BCUT2D eigenvalue weighted by Gasteiger charge is -2.28. The third-order valence-corrected chi connectivity index (χ3v) is 9.30. The van der Waals surface area contributed by atoms with E-state index in [0.29, 0.717) is 31.1 Å². The fourth-order valence-corrected chi connectivity index (χ4v) is 6.82. The number of anilines is 2. The van der Waals surface area contributed by atoms with Crippen molar-refractivity contribution < 1.29 is 18.0 Å². The van der Waals surface area contributed by atoms with Crippen molar-refractivity contribution >= 4 is 45.0 Å². The molecular formula is C24H29N3O4S2. The summed E-state index contributed by atoms with van der Waals surface area (Å²) in [7, 11) is -3.64. The van der Waals surface area contributed by atoms with E-state index in [4.69, 9.17) is 0 Å². The number of hydrogen-bond donors (Lipinski definition) is 0. The van der Waals surface area contributed by atoms with Gasteiger partial charge >= 0.3 is 0 Å². The Bertz CT molecular complexity index is 1130. The van der Waals surface area contributed by atoms with Crippen molar-refractivity contribution in [3.63, 3.8) is 0 Å². The van der Waals surface area contributed by atoms with Crippen molar-refractivity contribution in [1.29, 1.82) is 0 Å². The first-order chi connectivity index (χ1) is 15.8. The molecule has 2 amide bonds. The van der Waals surface area contributed by atoms with Crippen molar-refractivity contribution in [3.8, 4) is 0 Å². The minimum atomic E-state index is -3.64. The highest BCUT2D eigenvalue weighted by Crippen LogP contribution is 2.38. The maximum absolute atomic E-state index is 13.3. The van der Waals surface area contributed by atoms with E-state index >= 15 is 0 Å². The van der Waals surface area contributed by atoms with Crippen LogP contribution in [0.25, 0.3) is 0 Å². The molecule has 4 rings (SSSR count). The monoisotopic (exact) mass is 487 g/mol. The molecule has 0 spiro atoms. The quantitative estimate of drug-likeness (QED) is 0.622. The molecule has 0 bridgehead atoms. The summed E-state index contributed by atoms with van der Waals surface area (Å²) in [6.07, 6.45) is 1.70. The number of likely N-dealkylation sites (N-methyl/N-ethyl adjacent to an activating group) is 1. The number of carbonyl (C=O) groups excluding carboxylic acids is 2. The summed E-state index contributed by atoms with van der Waals surface area (Å²) in [6.45, 7) is 5.07. The van der Waals surface area contributed by atoms with Gasteiger partial charge in [-0.25, -0.2) is 8.42 Å². The van der Waals surface area contributed by atoms with Gasteiger partial charge in [-0.05, 0) is 50.1 Å². The number of sulfonamides is 1. The molecular weight excluding hydrogens is 458 g/mol. The second kappa shape index (κ2) is 9.87. The molecule has 2 heterocycles. The van der Waals surface area contributed by atoms with Crippen LogP contribution in [0.4, 0.5) is 11.4 Å². The summed E-state index contributed by atoms with van der Waals surface area (Å²) >= 11 is 1.52. The van der Waals surface area contributed by atoms with Crippen LogP contribution in [-0.2, 0) is 19.6 Å². The highest BCUT2D eigenvalue weighted by atomic mass is 32.2. The van der Waals surface area contributed by atoms with E-state index in [0.717, 1.165) is 23.4 Å². The Balaban J connectivity index is 1.70.